The summed E-state index contributed by atoms with van der Waals surface area (Å²) in [7, 11) is 1.52. The first kappa shape index (κ1) is 20.1. The standard InChI is InChI=1S/C20H29NO5/c1-13(2)12-25-17-10-9-15(11-18(17)24-4)20(23)26-14(3)19(22)21-16-7-5-6-8-16/h9-11,13-14,16H,5-8,12H2,1-4H3,(H,21,22)/t14-/m0/s1. The van der Waals surface area contributed by atoms with E-state index >= 15 is 0 Å². The normalized spacial score (nSPS) is 15.6. The second kappa shape index (κ2) is 9.46. The third-order valence-corrected chi connectivity index (χ3v) is 4.33. The average molecular weight is 363 g/mol. The molecule has 26 heavy (non-hydrogen) atoms. The fourth-order valence-electron chi connectivity index (χ4n) is 2.84. The molecule has 6 heteroatoms. The van der Waals surface area contributed by atoms with Gasteiger partial charge < -0.3 is 19.5 Å². The van der Waals surface area contributed by atoms with Gasteiger partial charge in [-0.1, -0.05) is 26.7 Å². The van der Waals surface area contributed by atoms with Crippen LogP contribution in [0.15, 0.2) is 18.2 Å². The molecule has 1 aromatic rings. The zero-order valence-electron chi connectivity index (χ0n) is 16.0. The van der Waals surface area contributed by atoms with E-state index in [0.29, 0.717) is 29.6 Å². The second-order valence-corrected chi connectivity index (χ2v) is 7.11. The number of hydrogen-bond acceptors (Lipinski definition) is 5. The Morgan fingerprint density at radius 2 is 1.85 bits per heavy atom. The number of methoxy groups -OCH3 is 1. The number of benzene rings is 1. The zero-order chi connectivity index (χ0) is 19.1. The van der Waals surface area contributed by atoms with E-state index in [1.807, 2.05) is 0 Å². The lowest BCUT2D eigenvalue weighted by Crippen LogP contribution is -2.40. The number of carbonyl (C=O) groups excluding carboxylic acids is 2. The second-order valence-electron chi connectivity index (χ2n) is 7.11. The Morgan fingerprint density at radius 3 is 2.46 bits per heavy atom. The fraction of sp³-hybridized carbons (Fsp3) is 0.600. The summed E-state index contributed by atoms with van der Waals surface area (Å²) in [6.45, 7) is 6.24. The molecule has 1 aromatic carbocycles. The number of rotatable bonds is 8. The van der Waals surface area contributed by atoms with Crippen LogP contribution in [0.3, 0.4) is 0 Å². The molecule has 144 valence electrons. The van der Waals surface area contributed by atoms with Gasteiger partial charge in [0.05, 0.1) is 19.3 Å². The van der Waals surface area contributed by atoms with Crippen molar-refractivity contribution in [2.24, 2.45) is 5.92 Å². The summed E-state index contributed by atoms with van der Waals surface area (Å²) >= 11 is 0. The summed E-state index contributed by atoms with van der Waals surface area (Å²) in [6, 6.07) is 5.06. The smallest absolute Gasteiger partial charge is 0.339 e. The van der Waals surface area contributed by atoms with E-state index in [1.54, 1.807) is 25.1 Å². The van der Waals surface area contributed by atoms with E-state index in [-0.39, 0.29) is 11.9 Å². The zero-order valence-corrected chi connectivity index (χ0v) is 16.0. The molecule has 0 aliphatic heterocycles. The molecule has 1 amide bonds. The molecule has 1 aliphatic rings. The Labute approximate surface area is 155 Å². The van der Waals surface area contributed by atoms with Crippen LogP contribution in [0.4, 0.5) is 0 Å². The Hall–Kier alpha value is -2.24. The molecule has 0 radical (unpaired) electrons. The topological polar surface area (TPSA) is 73.9 Å². The molecule has 0 bridgehead atoms. The highest BCUT2D eigenvalue weighted by Crippen LogP contribution is 2.29. The first-order valence-corrected chi connectivity index (χ1v) is 9.23. The van der Waals surface area contributed by atoms with Crippen LogP contribution in [0, 0.1) is 5.92 Å². The first-order chi connectivity index (χ1) is 12.4. The van der Waals surface area contributed by atoms with Gasteiger partial charge in [0.2, 0.25) is 0 Å². The van der Waals surface area contributed by atoms with Gasteiger partial charge in [-0.25, -0.2) is 4.79 Å². The summed E-state index contributed by atoms with van der Waals surface area (Å²) in [6.07, 6.45) is 3.39. The number of hydrogen-bond donors (Lipinski definition) is 1. The maximum atomic E-state index is 12.3. The van der Waals surface area contributed by atoms with Crippen LogP contribution < -0.4 is 14.8 Å². The van der Waals surface area contributed by atoms with Crippen LogP contribution in [0.2, 0.25) is 0 Å². The summed E-state index contributed by atoms with van der Waals surface area (Å²) in [5.41, 5.74) is 0.319. The lowest BCUT2D eigenvalue weighted by molar-refractivity contribution is -0.129. The molecule has 0 heterocycles. The van der Waals surface area contributed by atoms with E-state index in [9.17, 15) is 9.59 Å². The Kier molecular flexibility index (Phi) is 7.30. The van der Waals surface area contributed by atoms with E-state index in [0.717, 1.165) is 25.7 Å². The largest absolute Gasteiger partial charge is 0.493 e. The lowest BCUT2D eigenvalue weighted by atomic mass is 10.2. The van der Waals surface area contributed by atoms with Gasteiger partial charge in [0, 0.05) is 6.04 Å². The van der Waals surface area contributed by atoms with Crippen molar-refractivity contribution >= 4 is 11.9 Å². The Balaban J connectivity index is 1.96. The fourth-order valence-corrected chi connectivity index (χ4v) is 2.84. The van der Waals surface area contributed by atoms with Gasteiger partial charge >= 0.3 is 5.97 Å². The van der Waals surface area contributed by atoms with Gasteiger partial charge in [0.1, 0.15) is 0 Å². The molecular formula is C20H29NO5. The summed E-state index contributed by atoms with van der Waals surface area (Å²) in [5, 5.41) is 2.93. The minimum atomic E-state index is -0.842. The van der Waals surface area contributed by atoms with Crippen molar-refractivity contribution in [1.29, 1.82) is 0 Å². The van der Waals surface area contributed by atoms with Crippen molar-refractivity contribution in [1.82, 2.24) is 5.32 Å². The van der Waals surface area contributed by atoms with Crippen molar-refractivity contribution < 1.29 is 23.8 Å². The summed E-state index contributed by atoms with van der Waals surface area (Å²) in [4.78, 5) is 24.5. The van der Waals surface area contributed by atoms with Crippen molar-refractivity contribution in [2.75, 3.05) is 13.7 Å². The molecule has 2 rings (SSSR count). The molecule has 0 saturated heterocycles. The lowest BCUT2D eigenvalue weighted by Gasteiger charge is -2.17. The highest BCUT2D eigenvalue weighted by atomic mass is 16.5. The van der Waals surface area contributed by atoms with E-state index < -0.39 is 12.1 Å². The van der Waals surface area contributed by atoms with Crippen LogP contribution in [0.5, 0.6) is 11.5 Å². The van der Waals surface area contributed by atoms with Gasteiger partial charge in [0.15, 0.2) is 17.6 Å². The monoisotopic (exact) mass is 363 g/mol. The maximum absolute atomic E-state index is 12.3. The SMILES string of the molecule is COc1cc(C(=O)O[C@@H](C)C(=O)NC2CCCC2)ccc1OCC(C)C. The van der Waals surface area contributed by atoms with E-state index in [2.05, 4.69) is 19.2 Å². The molecule has 0 spiro atoms. The molecule has 1 aliphatic carbocycles. The number of ether oxygens (including phenoxy) is 3. The predicted molar refractivity (Wildman–Crippen MR) is 98.6 cm³/mol. The van der Waals surface area contributed by atoms with Gasteiger partial charge in [-0.15, -0.1) is 0 Å². The van der Waals surface area contributed by atoms with Crippen molar-refractivity contribution in [3.63, 3.8) is 0 Å². The van der Waals surface area contributed by atoms with Crippen molar-refractivity contribution in [3.8, 4) is 11.5 Å². The summed E-state index contributed by atoms with van der Waals surface area (Å²) in [5.74, 6) is 0.596. The highest BCUT2D eigenvalue weighted by Gasteiger charge is 2.24. The molecule has 0 aromatic heterocycles. The van der Waals surface area contributed by atoms with Gasteiger partial charge in [-0.3, -0.25) is 4.79 Å². The molecule has 1 atom stereocenters. The first-order valence-electron chi connectivity index (χ1n) is 9.23. The maximum Gasteiger partial charge on any atom is 0.339 e. The number of amides is 1. The molecule has 1 N–H and O–H groups in total. The van der Waals surface area contributed by atoms with Crippen LogP contribution in [-0.4, -0.2) is 37.7 Å². The summed E-state index contributed by atoms with van der Waals surface area (Å²) < 4.78 is 16.3. The average Bonchev–Trinajstić information content (AvgIpc) is 3.12. The Morgan fingerprint density at radius 1 is 1.15 bits per heavy atom. The van der Waals surface area contributed by atoms with Crippen LogP contribution in [0.25, 0.3) is 0 Å². The van der Waals surface area contributed by atoms with Crippen molar-refractivity contribution in [2.45, 2.75) is 58.6 Å². The van der Waals surface area contributed by atoms with Gasteiger partial charge in [-0.2, -0.15) is 0 Å². The predicted octanol–water partition coefficient (Wildman–Crippen LogP) is 3.33. The molecule has 6 nitrogen and oxygen atoms in total. The van der Waals surface area contributed by atoms with Crippen LogP contribution >= 0.6 is 0 Å². The van der Waals surface area contributed by atoms with Gasteiger partial charge in [0.25, 0.3) is 5.91 Å². The molecule has 1 fully saturated rings. The van der Waals surface area contributed by atoms with Crippen LogP contribution in [-0.2, 0) is 9.53 Å². The van der Waals surface area contributed by atoms with Crippen molar-refractivity contribution in [3.05, 3.63) is 23.8 Å². The number of esters is 1. The molecular weight excluding hydrogens is 334 g/mol. The third kappa shape index (κ3) is 5.64. The third-order valence-electron chi connectivity index (χ3n) is 4.33. The van der Waals surface area contributed by atoms with Crippen LogP contribution in [0.1, 0.15) is 56.8 Å². The minimum Gasteiger partial charge on any atom is -0.493 e. The molecule has 0 unspecified atom stereocenters. The molecule has 1 saturated carbocycles. The number of carbonyl (C=O) groups is 2. The Bertz CT molecular complexity index is 623. The quantitative estimate of drug-likeness (QED) is 0.717. The van der Waals surface area contributed by atoms with E-state index in [1.165, 1.54) is 7.11 Å². The van der Waals surface area contributed by atoms with E-state index in [4.69, 9.17) is 14.2 Å². The highest BCUT2D eigenvalue weighted by molar-refractivity contribution is 5.92. The minimum absolute atomic E-state index is 0.195. The number of nitrogens with one attached hydrogen (secondary N) is 1. The van der Waals surface area contributed by atoms with Gasteiger partial charge in [-0.05, 0) is 43.9 Å².